The Hall–Kier alpha value is -2.24. The second-order valence-electron chi connectivity index (χ2n) is 2.89. The first-order chi connectivity index (χ1) is 7.16. The zero-order chi connectivity index (χ0) is 10.8. The predicted molar refractivity (Wildman–Crippen MR) is 54.0 cm³/mol. The van der Waals surface area contributed by atoms with Gasteiger partial charge in [0.2, 0.25) is 5.95 Å². The number of aromatic nitrogens is 3. The van der Waals surface area contributed by atoms with Crippen molar-refractivity contribution in [2.45, 2.75) is 0 Å². The summed E-state index contributed by atoms with van der Waals surface area (Å²) >= 11 is 0. The molecule has 0 aliphatic carbocycles. The minimum atomic E-state index is -0.428. The van der Waals surface area contributed by atoms with E-state index >= 15 is 0 Å². The van der Waals surface area contributed by atoms with Gasteiger partial charge in [-0.2, -0.15) is 4.98 Å². The first kappa shape index (κ1) is 9.32. The van der Waals surface area contributed by atoms with E-state index in [1.807, 2.05) is 0 Å². The van der Waals surface area contributed by atoms with Crippen molar-refractivity contribution in [1.29, 1.82) is 0 Å². The molecule has 2 rings (SSSR count). The molecule has 76 valence electrons. The fourth-order valence-corrected chi connectivity index (χ4v) is 1.19. The van der Waals surface area contributed by atoms with Gasteiger partial charge in [-0.3, -0.25) is 4.98 Å². The molecule has 6 heteroatoms. The smallest absolute Gasteiger partial charge is 0.222 e. The van der Waals surface area contributed by atoms with Crippen molar-refractivity contribution in [3.63, 3.8) is 0 Å². The lowest BCUT2D eigenvalue weighted by Gasteiger charge is -2.03. The Labute approximate surface area is 85.0 Å². The molecular formula is C9H8FN5. The van der Waals surface area contributed by atoms with Gasteiger partial charge in [-0.1, -0.05) is 0 Å². The third kappa shape index (κ3) is 1.83. The molecule has 0 bridgehead atoms. The van der Waals surface area contributed by atoms with Gasteiger partial charge in [-0.05, 0) is 6.07 Å². The molecular weight excluding hydrogens is 197 g/mol. The number of nitrogens with zero attached hydrogens (tertiary/aromatic N) is 3. The Kier molecular flexibility index (Phi) is 2.17. The second-order valence-corrected chi connectivity index (χ2v) is 2.89. The lowest BCUT2D eigenvalue weighted by atomic mass is 10.2. The Morgan fingerprint density at radius 1 is 1.20 bits per heavy atom. The maximum absolute atomic E-state index is 13.4. The largest absolute Gasteiger partial charge is 0.384 e. The Morgan fingerprint density at radius 3 is 2.67 bits per heavy atom. The minimum absolute atomic E-state index is 0.00764. The van der Waals surface area contributed by atoms with Crippen molar-refractivity contribution in [1.82, 2.24) is 15.0 Å². The molecule has 2 aromatic heterocycles. The summed E-state index contributed by atoms with van der Waals surface area (Å²) < 4.78 is 13.4. The highest BCUT2D eigenvalue weighted by Gasteiger charge is 2.08. The molecule has 4 N–H and O–H groups in total. The Morgan fingerprint density at radius 2 is 2.00 bits per heavy atom. The zero-order valence-corrected chi connectivity index (χ0v) is 7.68. The van der Waals surface area contributed by atoms with Crippen molar-refractivity contribution >= 4 is 11.8 Å². The summed E-state index contributed by atoms with van der Waals surface area (Å²) in [7, 11) is 0. The minimum Gasteiger partial charge on any atom is -0.384 e. The van der Waals surface area contributed by atoms with Crippen molar-refractivity contribution in [3.05, 3.63) is 30.3 Å². The number of rotatable bonds is 1. The van der Waals surface area contributed by atoms with Gasteiger partial charge in [-0.15, -0.1) is 0 Å². The number of halogens is 1. The average molecular weight is 205 g/mol. The lowest BCUT2D eigenvalue weighted by Crippen LogP contribution is -2.01. The van der Waals surface area contributed by atoms with Crippen LogP contribution in [0.3, 0.4) is 0 Å². The summed E-state index contributed by atoms with van der Waals surface area (Å²) in [6.45, 7) is 0. The summed E-state index contributed by atoms with van der Waals surface area (Å²) in [6.07, 6.45) is 2.71. The van der Waals surface area contributed by atoms with Crippen LogP contribution >= 0.6 is 0 Å². The molecule has 0 saturated carbocycles. The van der Waals surface area contributed by atoms with Crippen LogP contribution in [0.15, 0.2) is 24.5 Å². The Bertz CT molecular complexity index is 479. The molecule has 0 radical (unpaired) electrons. The van der Waals surface area contributed by atoms with E-state index in [1.54, 1.807) is 0 Å². The molecule has 2 aromatic rings. The van der Waals surface area contributed by atoms with Crippen LogP contribution in [-0.4, -0.2) is 15.0 Å². The van der Waals surface area contributed by atoms with E-state index in [4.69, 9.17) is 11.5 Å². The molecule has 0 amide bonds. The summed E-state index contributed by atoms with van der Waals surface area (Å²) in [6, 6.07) is 2.68. The van der Waals surface area contributed by atoms with Crippen LogP contribution in [-0.2, 0) is 0 Å². The van der Waals surface area contributed by atoms with Crippen molar-refractivity contribution < 1.29 is 4.39 Å². The molecule has 0 atom stereocenters. The number of hydrogen-bond donors (Lipinski definition) is 2. The second kappa shape index (κ2) is 3.49. The highest BCUT2D eigenvalue weighted by Crippen LogP contribution is 2.21. The summed E-state index contributed by atoms with van der Waals surface area (Å²) in [5.41, 5.74) is 11.4. The summed E-state index contributed by atoms with van der Waals surface area (Å²) in [5.74, 6) is -0.225. The monoisotopic (exact) mass is 205 g/mol. The van der Waals surface area contributed by atoms with Crippen LogP contribution in [0.25, 0.3) is 11.3 Å². The van der Waals surface area contributed by atoms with E-state index < -0.39 is 5.82 Å². The van der Waals surface area contributed by atoms with Crippen LogP contribution in [0.1, 0.15) is 0 Å². The lowest BCUT2D eigenvalue weighted by molar-refractivity contribution is 0.628. The fraction of sp³-hybridized carbons (Fsp3) is 0. The van der Waals surface area contributed by atoms with Crippen LogP contribution in [0.5, 0.6) is 0 Å². The maximum atomic E-state index is 13.4. The zero-order valence-electron chi connectivity index (χ0n) is 7.68. The first-order valence-corrected chi connectivity index (χ1v) is 4.17. The van der Waals surface area contributed by atoms with E-state index in [2.05, 4.69) is 15.0 Å². The first-order valence-electron chi connectivity index (χ1n) is 4.17. The Balaban J connectivity index is 2.59. The number of nitrogens with two attached hydrogens (primary N) is 2. The molecule has 0 aliphatic heterocycles. The van der Waals surface area contributed by atoms with Crippen LogP contribution < -0.4 is 11.5 Å². The summed E-state index contributed by atoms with van der Waals surface area (Å²) in [5, 5.41) is 0. The number of anilines is 2. The summed E-state index contributed by atoms with van der Waals surface area (Å²) in [4.78, 5) is 11.4. The van der Waals surface area contributed by atoms with Gasteiger partial charge < -0.3 is 11.5 Å². The number of nitrogen functional groups attached to an aromatic ring is 2. The third-order valence-electron chi connectivity index (χ3n) is 1.81. The van der Waals surface area contributed by atoms with Gasteiger partial charge in [0.1, 0.15) is 11.6 Å². The topological polar surface area (TPSA) is 90.7 Å². The molecule has 0 unspecified atom stereocenters. The number of hydrogen-bond acceptors (Lipinski definition) is 5. The van der Waals surface area contributed by atoms with E-state index in [0.717, 1.165) is 0 Å². The van der Waals surface area contributed by atoms with Crippen molar-refractivity contribution in [3.8, 4) is 11.3 Å². The van der Waals surface area contributed by atoms with Crippen LogP contribution in [0.2, 0.25) is 0 Å². The van der Waals surface area contributed by atoms with Crippen LogP contribution in [0, 0.1) is 5.82 Å². The molecule has 0 fully saturated rings. The maximum Gasteiger partial charge on any atom is 0.222 e. The number of pyridine rings is 1. The van der Waals surface area contributed by atoms with Gasteiger partial charge in [0.05, 0.1) is 11.3 Å². The SMILES string of the molecule is Nc1cc(-c2cnccc2F)nc(N)n1. The van der Waals surface area contributed by atoms with Gasteiger partial charge in [0.25, 0.3) is 0 Å². The van der Waals surface area contributed by atoms with Gasteiger partial charge in [0, 0.05) is 18.5 Å². The molecule has 5 nitrogen and oxygen atoms in total. The predicted octanol–water partition coefficient (Wildman–Crippen LogP) is 0.842. The third-order valence-corrected chi connectivity index (χ3v) is 1.81. The van der Waals surface area contributed by atoms with Gasteiger partial charge >= 0.3 is 0 Å². The van der Waals surface area contributed by atoms with Gasteiger partial charge in [-0.25, -0.2) is 9.37 Å². The quantitative estimate of drug-likeness (QED) is 0.719. The average Bonchev–Trinajstić information content (AvgIpc) is 2.16. The van der Waals surface area contributed by atoms with E-state index in [1.165, 1.54) is 24.5 Å². The molecule has 2 heterocycles. The van der Waals surface area contributed by atoms with Crippen molar-refractivity contribution in [2.24, 2.45) is 0 Å². The molecule has 0 saturated heterocycles. The standard InChI is InChI=1S/C9H8FN5/c10-6-1-2-13-4-5(6)7-3-8(11)15-9(12)14-7/h1-4H,(H4,11,12,14,15). The van der Waals surface area contributed by atoms with E-state index in [-0.39, 0.29) is 17.3 Å². The van der Waals surface area contributed by atoms with E-state index in [9.17, 15) is 4.39 Å². The molecule has 0 aromatic carbocycles. The fourth-order valence-electron chi connectivity index (χ4n) is 1.19. The molecule has 15 heavy (non-hydrogen) atoms. The van der Waals surface area contributed by atoms with Gasteiger partial charge in [0.15, 0.2) is 0 Å². The van der Waals surface area contributed by atoms with Crippen molar-refractivity contribution in [2.75, 3.05) is 11.5 Å². The highest BCUT2D eigenvalue weighted by atomic mass is 19.1. The van der Waals surface area contributed by atoms with E-state index in [0.29, 0.717) is 5.69 Å². The van der Waals surface area contributed by atoms with Crippen LogP contribution in [0.4, 0.5) is 16.2 Å². The normalized spacial score (nSPS) is 10.2. The molecule has 0 spiro atoms. The molecule has 0 aliphatic rings. The highest BCUT2D eigenvalue weighted by molar-refractivity contribution is 5.62.